The van der Waals surface area contributed by atoms with Gasteiger partial charge >= 0.3 is 0 Å². The van der Waals surface area contributed by atoms with Gasteiger partial charge in [0, 0.05) is 20.0 Å². The molecule has 0 unspecified atom stereocenters. The van der Waals surface area contributed by atoms with Gasteiger partial charge in [-0.15, -0.1) is 0 Å². The highest BCUT2D eigenvalue weighted by atomic mass is 35.5. The summed E-state index contributed by atoms with van der Waals surface area (Å²) >= 11 is 5.62. The van der Waals surface area contributed by atoms with Crippen molar-refractivity contribution in [3.8, 4) is 0 Å². The molecule has 98 valence electrons. The molecule has 0 heterocycles. The van der Waals surface area contributed by atoms with Crippen molar-refractivity contribution in [3.63, 3.8) is 0 Å². The number of hydrogen-bond acceptors (Lipinski definition) is 2. The Hall–Kier alpha value is -1.69. The van der Waals surface area contributed by atoms with Gasteiger partial charge in [0.25, 0.3) is 5.91 Å². The molecule has 4 nitrogen and oxygen atoms in total. The number of rotatable bonds is 4. The lowest BCUT2D eigenvalue weighted by atomic mass is 10.2. The maximum absolute atomic E-state index is 12.9. The summed E-state index contributed by atoms with van der Waals surface area (Å²) in [5.41, 5.74) is -0.154. The van der Waals surface area contributed by atoms with E-state index in [1.807, 2.05) is 0 Å². The van der Waals surface area contributed by atoms with Crippen LogP contribution in [0.1, 0.15) is 17.3 Å². The standard InChI is InChI=1S/C11H11ClF2N2O2/c1-6(17)15-2-3-16-11(18)7-4-9(13)10(14)5-8(7)12/h4-5H,2-3H2,1H3,(H,15,17)(H,16,18). The van der Waals surface area contributed by atoms with E-state index >= 15 is 0 Å². The zero-order chi connectivity index (χ0) is 13.7. The molecule has 0 aromatic heterocycles. The van der Waals surface area contributed by atoms with Gasteiger partial charge in [-0.1, -0.05) is 11.6 Å². The topological polar surface area (TPSA) is 58.2 Å². The third kappa shape index (κ3) is 3.96. The molecule has 1 aromatic carbocycles. The number of carbonyl (C=O) groups excluding carboxylic acids is 2. The summed E-state index contributed by atoms with van der Waals surface area (Å²) in [5, 5.41) is 4.71. The van der Waals surface area contributed by atoms with Crippen LogP contribution in [0.5, 0.6) is 0 Å². The zero-order valence-electron chi connectivity index (χ0n) is 9.52. The van der Waals surface area contributed by atoms with E-state index in [0.29, 0.717) is 0 Å². The maximum Gasteiger partial charge on any atom is 0.252 e. The molecule has 0 bridgehead atoms. The number of halogens is 3. The molecular weight excluding hydrogens is 266 g/mol. The lowest BCUT2D eigenvalue weighted by molar-refractivity contribution is -0.118. The first-order valence-corrected chi connectivity index (χ1v) is 5.46. The highest BCUT2D eigenvalue weighted by Crippen LogP contribution is 2.19. The van der Waals surface area contributed by atoms with Crippen molar-refractivity contribution in [3.05, 3.63) is 34.4 Å². The SMILES string of the molecule is CC(=O)NCCNC(=O)c1cc(F)c(F)cc1Cl. The normalized spacial score (nSPS) is 10.0. The van der Waals surface area contributed by atoms with E-state index in [9.17, 15) is 18.4 Å². The van der Waals surface area contributed by atoms with Gasteiger partial charge in [0.2, 0.25) is 5.91 Å². The monoisotopic (exact) mass is 276 g/mol. The molecule has 0 saturated heterocycles. The van der Waals surface area contributed by atoms with Crippen molar-refractivity contribution in [2.75, 3.05) is 13.1 Å². The maximum atomic E-state index is 12.9. The Labute approximate surface area is 107 Å². The fraction of sp³-hybridized carbons (Fsp3) is 0.273. The van der Waals surface area contributed by atoms with Crippen LogP contribution >= 0.6 is 11.6 Å². The average Bonchev–Trinajstić information content (AvgIpc) is 2.28. The summed E-state index contributed by atoms with van der Waals surface area (Å²) in [7, 11) is 0. The van der Waals surface area contributed by atoms with Gasteiger partial charge < -0.3 is 10.6 Å². The number of amides is 2. The summed E-state index contributed by atoms with van der Waals surface area (Å²) in [5.74, 6) is -3.12. The fourth-order valence-corrected chi connectivity index (χ4v) is 1.44. The van der Waals surface area contributed by atoms with Crippen molar-refractivity contribution in [2.24, 2.45) is 0 Å². The fourth-order valence-electron chi connectivity index (χ4n) is 1.21. The van der Waals surface area contributed by atoms with Crippen molar-refractivity contribution >= 4 is 23.4 Å². The molecule has 2 amide bonds. The van der Waals surface area contributed by atoms with E-state index in [0.717, 1.165) is 12.1 Å². The molecule has 0 aliphatic carbocycles. The van der Waals surface area contributed by atoms with Gasteiger partial charge in [-0.2, -0.15) is 0 Å². The molecule has 2 N–H and O–H groups in total. The average molecular weight is 277 g/mol. The summed E-state index contributed by atoms with van der Waals surface area (Å²) in [6.07, 6.45) is 0. The van der Waals surface area contributed by atoms with Crippen molar-refractivity contribution < 1.29 is 18.4 Å². The minimum Gasteiger partial charge on any atom is -0.355 e. The quantitative estimate of drug-likeness (QED) is 0.646. The minimum absolute atomic E-state index is 0.154. The van der Waals surface area contributed by atoms with E-state index < -0.39 is 17.5 Å². The van der Waals surface area contributed by atoms with E-state index in [4.69, 9.17) is 11.6 Å². The van der Waals surface area contributed by atoms with Crippen LogP contribution in [0, 0.1) is 11.6 Å². The van der Waals surface area contributed by atoms with Crippen LogP contribution in [0.2, 0.25) is 5.02 Å². The molecule has 1 rings (SSSR count). The van der Waals surface area contributed by atoms with Gasteiger partial charge in [0.15, 0.2) is 11.6 Å². The summed E-state index contributed by atoms with van der Waals surface area (Å²) in [4.78, 5) is 22.1. The van der Waals surface area contributed by atoms with Gasteiger partial charge in [0.1, 0.15) is 0 Å². The third-order valence-electron chi connectivity index (χ3n) is 2.04. The number of hydrogen-bond donors (Lipinski definition) is 2. The number of benzene rings is 1. The molecule has 0 spiro atoms. The molecule has 0 aliphatic rings. The summed E-state index contributed by atoms with van der Waals surface area (Å²) < 4.78 is 25.7. The minimum atomic E-state index is -1.15. The van der Waals surface area contributed by atoms with E-state index in [1.165, 1.54) is 6.92 Å². The Morgan fingerprint density at radius 1 is 1.17 bits per heavy atom. The predicted octanol–water partition coefficient (Wildman–Crippen LogP) is 1.48. The van der Waals surface area contributed by atoms with Crippen molar-refractivity contribution in [1.82, 2.24) is 10.6 Å². The van der Waals surface area contributed by atoms with Crippen LogP contribution in [0.3, 0.4) is 0 Å². The Balaban J connectivity index is 2.62. The zero-order valence-corrected chi connectivity index (χ0v) is 10.3. The van der Waals surface area contributed by atoms with E-state index in [2.05, 4.69) is 10.6 Å². The molecule has 0 fully saturated rings. The highest BCUT2D eigenvalue weighted by Gasteiger charge is 2.14. The van der Waals surface area contributed by atoms with Crippen molar-refractivity contribution in [1.29, 1.82) is 0 Å². The first-order valence-electron chi connectivity index (χ1n) is 5.09. The van der Waals surface area contributed by atoms with Gasteiger partial charge in [-0.3, -0.25) is 9.59 Å². The van der Waals surface area contributed by atoms with E-state index in [1.54, 1.807) is 0 Å². The second-order valence-electron chi connectivity index (χ2n) is 3.49. The van der Waals surface area contributed by atoms with Crippen molar-refractivity contribution in [2.45, 2.75) is 6.92 Å². The molecular formula is C11H11ClF2N2O2. The van der Waals surface area contributed by atoms with Gasteiger partial charge in [0.05, 0.1) is 10.6 Å². The second-order valence-corrected chi connectivity index (χ2v) is 3.89. The smallest absolute Gasteiger partial charge is 0.252 e. The Bertz CT molecular complexity index is 480. The van der Waals surface area contributed by atoms with Crippen LogP contribution in [-0.4, -0.2) is 24.9 Å². The first kappa shape index (κ1) is 14.4. The second kappa shape index (κ2) is 6.30. The molecule has 0 saturated carbocycles. The van der Waals surface area contributed by atoms with Crippen LogP contribution in [-0.2, 0) is 4.79 Å². The Morgan fingerprint density at radius 3 is 2.33 bits per heavy atom. The highest BCUT2D eigenvalue weighted by molar-refractivity contribution is 6.33. The molecule has 7 heteroatoms. The van der Waals surface area contributed by atoms with Crippen LogP contribution in [0.25, 0.3) is 0 Å². The van der Waals surface area contributed by atoms with Crippen LogP contribution < -0.4 is 10.6 Å². The first-order chi connectivity index (χ1) is 8.41. The van der Waals surface area contributed by atoms with Crippen LogP contribution in [0.15, 0.2) is 12.1 Å². The number of nitrogens with one attached hydrogen (secondary N) is 2. The molecule has 18 heavy (non-hydrogen) atoms. The lowest BCUT2D eigenvalue weighted by Crippen LogP contribution is -2.33. The Kier molecular flexibility index (Phi) is 5.03. The summed E-state index contributed by atoms with van der Waals surface area (Å²) in [6, 6.07) is 1.46. The lowest BCUT2D eigenvalue weighted by Gasteiger charge is -2.07. The van der Waals surface area contributed by atoms with Crippen LogP contribution in [0.4, 0.5) is 8.78 Å². The molecule has 1 aromatic rings. The number of carbonyl (C=O) groups is 2. The molecule has 0 aliphatic heterocycles. The molecule has 0 radical (unpaired) electrons. The largest absolute Gasteiger partial charge is 0.355 e. The predicted molar refractivity (Wildman–Crippen MR) is 62.4 cm³/mol. The van der Waals surface area contributed by atoms with Gasteiger partial charge in [-0.05, 0) is 12.1 Å². The third-order valence-corrected chi connectivity index (χ3v) is 2.35. The molecule has 0 atom stereocenters. The van der Waals surface area contributed by atoms with Gasteiger partial charge in [-0.25, -0.2) is 8.78 Å². The van der Waals surface area contributed by atoms with E-state index in [-0.39, 0.29) is 29.6 Å². The Morgan fingerprint density at radius 2 is 1.72 bits per heavy atom. The summed E-state index contributed by atoms with van der Waals surface area (Å²) in [6.45, 7) is 1.74.